The molecule has 1 atom stereocenters. The molecule has 130 valence electrons. The average molecular weight is 323 g/mol. The summed E-state index contributed by atoms with van der Waals surface area (Å²) in [6.45, 7) is 3.69. The maximum Gasteiger partial charge on any atom is 0.317 e. The monoisotopic (exact) mass is 323 g/mol. The molecular weight excluding hydrogens is 294 g/mol. The van der Waals surface area contributed by atoms with Gasteiger partial charge >= 0.3 is 6.03 Å². The van der Waals surface area contributed by atoms with E-state index in [1.807, 2.05) is 9.80 Å². The molecule has 0 aromatic carbocycles. The lowest BCUT2D eigenvalue weighted by atomic mass is 9.80. The fourth-order valence-electron chi connectivity index (χ4n) is 3.80. The fourth-order valence-corrected chi connectivity index (χ4v) is 3.80. The van der Waals surface area contributed by atoms with Crippen LogP contribution in [0.4, 0.5) is 4.79 Å². The highest BCUT2D eigenvalue weighted by Gasteiger charge is 2.39. The van der Waals surface area contributed by atoms with Gasteiger partial charge in [0.25, 0.3) is 0 Å². The van der Waals surface area contributed by atoms with Gasteiger partial charge in [-0.25, -0.2) is 4.79 Å². The standard InChI is InChI=1S/C17H29N3O3/c1-13(21)20(14-6-7-14)11-15-5-3-10-19(15)16(22)18-12-17(23-2)8-4-9-17/h14-15H,3-12H2,1-2H3,(H,18,22)/t15-/m0/s1. The zero-order chi connectivity index (χ0) is 16.4. The lowest BCUT2D eigenvalue weighted by Crippen LogP contribution is -2.54. The van der Waals surface area contributed by atoms with Gasteiger partial charge < -0.3 is 19.9 Å². The van der Waals surface area contributed by atoms with Crippen LogP contribution in [-0.2, 0) is 9.53 Å². The van der Waals surface area contributed by atoms with Crippen molar-refractivity contribution < 1.29 is 14.3 Å². The number of urea groups is 1. The number of hydrogen-bond acceptors (Lipinski definition) is 3. The molecule has 23 heavy (non-hydrogen) atoms. The Kier molecular flexibility index (Phi) is 4.80. The van der Waals surface area contributed by atoms with E-state index in [1.165, 1.54) is 6.42 Å². The summed E-state index contributed by atoms with van der Waals surface area (Å²) in [6, 6.07) is 0.555. The summed E-state index contributed by atoms with van der Waals surface area (Å²) in [5.41, 5.74) is -0.148. The van der Waals surface area contributed by atoms with Gasteiger partial charge in [0.05, 0.1) is 11.6 Å². The number of methoxy groups -OCH3 is 1. The first-order valence-electron chi connectivity index (χ1n) is 8.91. The molecule has 1 saturated heterocycles. The van der Waals surface area contributed by atoms with Crippen molar-refractivity contribution in [2.45, 2.75) is 69.6 Å². The van der Waals surface area contributed by atoms with Crippen molar-refractivity contribution in [3.63, 3.8) is 0 Å². The second-order valence-electron chi connectivity index (χ2n) is 7.29. The molecular formula is C17H29N3O3. The maximum atomic E-state index is 12.6. The van der Waals surface area contributed by atoms with E-state index in [9.17, 15) is 9.59 Å². The number of amides is 3. The van der Waals surface area contributed by atoms with Crippen LogP contribution in [0.2, 0.25) is 0 Å². The Bertz CT molecular complexity index is 454. The van der Waals surface area contributed by atoms with Crippen LogP contribution in [0.5, 0.6) is 0 Å². The van der Waals surface area contributed by atoms with Gasteiger partial charge in [-0.15, -0.1) is 0 Å². The second kappa shape index (κ2) is 6.67. The van der Waals surface area contributed by atoms with Gasteiger partial charge in [0.2, 0.25) is 5.91 Å². The highest BCUT2D eigenvalue weighted by molar-refractivity contribution is 5.76. The number of nitrogens with zero attached hydrogens (tertiary/aromatic N) is 2. The topological polar surface area (TPSA) is 61.9 Å². The van der Waals surface area contributed by atoms with Gasteiger partial charge in [-0.1, -0.05) is 0 Å². The van der Waals surface area contributed by atoms with Crippen molar-refractivity contribution in [3.8, 4) is 0 Å². The van der Waals surface area contributed by atoms with E-state index >= 15 is 0 Å². The first kappa shape index (κ1) is 16.6. The molecule has 0 aromatic rings. The van der Waals surface area contributed by atoms with Gasteiger partial charge in [-0.05, 0) is 44.9 Å². The number of nitrogens with one attached hydrogen (secondary N) is 1. The molecule has 3 aliphatic rings. The molecule has 3 amide bonds. The number of carbonyl (C=O) groups excluding carboxylic acids is 2. The average Bonchev–Trinajstić information content (AvgIpc) is 3.21. The number of likely N-dealkylation sites (tertiary alicyclic amines) is 1. The Morgan fingerprint density at radius 2 is 2.00 bits per heavy atom. The number of rotatable bonds is 6. The molecule has 2 saturated carbocycles. The van der Waals surface area contributed by atoms with E-state index in [0.717, 1.165) is 45.1 Å². The molecule has 3 rings (SSSR count). The number of carbonyl (C=O) groups is 2. The summed E-state index contributed by atoms with van der Waals surface area (Å²) in [4.78, 5) is 28.2. The predicted octanol–water partition coefficient (Wildman–Crippen LogP) is 1.74. The molecule has 0 unspecified atom stereocenters. The number of hydrogen-bond donors (Lipinski definition) is 1. The first-order valence-corrected chi connectivity index (χ1v) is 8.91. The molecule has 6 nitrogen and oxygen atoms in total. The molecule has 0 bridgehead atoms. The highest BCUT2D eigenvalue weighted by Crippen LogP contribution is 2.34. The van der Waals surface area contributed by atoms with Crippen LogP contribution in [0.3, 0.4) is 0 Å². The largest absolute Gasteiger partial charge is 0.376 e. The van der Waals surface area contributed by atoms with E-state index in [2.05, 4.69) is 5.32 Å². The fraction of sp³-hybridized carbons (Fsp3) is 0.882. The van der Waals surface area contributed by atoms with E-state index in [4.69, 9.17) is 4.74 Å². The minimum Gasteiger partial charge on any atom is -0.376 e. The summed E-state index contributed by atoms with van der Waals surface area (Å²) in [5, 5.41) is 3.05. The summed E-state index contributed by atoms with van der Waals surface area (Å²) >= 11 is 0. The summed E-state index contributed by atoms with van der Waals surface area (Å²) in [6.07, 6.45) is 7.43. The third-order valence-corrected chi connectivity index (χ3v) is 5.70. The van der Waals surface area contributed by atoms with Crippen LogP contribution in [0.15, 0.2) is 0 Å². The Morgan fingerprint density at radius 3 is 2.52 bits per heavy atom. The van der Waals surface area contributed by atoms with Crippen molar-refractivity contribution in [1.29, 1.82) is 0 Å². The second-order valence-corrected chi connectivity index (χ2v) is 7.29. The molecule has 1 N–H and O–H groups in total. The quantitative estimate of drug-likeness (QED) is 0.810. The Balaban J connectivity index is 1.53. The first-order chi connectivity index (χ1) is 11.0. The van der Waals surface area contributed by atoms with Crippen molar-refractivity contribution >= 4 is 11.9 Å². The van der Waals surface area contributed by atoms with Crippen LogP contribution in [0.1, 0.15) is 51.9 Å². The molecule has 0 aromatic heterocycles. The molecule has 0 spiro atoms. The maximum absolute atomic E-state index is 12.6. The van der Waals surface area contributed by atoms with Crippen LogP contribution < -0.4 is 5.32 Å². The van der Waals surface area contributed by atoms with Crippen molar-refractivity contribution in [2.75, 3.05) is 26.7 Å². The summed E-state index contributed by atoms with van der Waals surface area (Å²) in [5.74, 6) is 0.132. The minimum atomic E-state index is -0.148. The molecule has 1 heterocycles. The van der Waals surface area contributed by atoms with Gasteiger partial charge in [0.15, 0.2) is 0 Å². The van der Waals surface area contributed by atoms with Crippen LogP contribution in [0, 0.1) is 0 Å². The molecule has 1 aliphatic heterocycles. The number of ether oxygens (including phenoxy) is 1. The van der Waals surface area contributed by atoms with E-state index in [1.54, 1.807) is 14.0 Å². The molecule has 2 aliphatic carbocycles. The zero-order valence-corrected chi connectivity index (χ0v) is 14.3. The summed E-state index contributed by atoms with van der Waals surface area (Å²) < 4.78 is 5.56. The third kappa shape index (κ3) is 3.62. The van der Waals surface area contributed by atoms with Crippen LogP contribution in [-0.4, -0.2) is 66.2 Å². The Hall–Kier alpha value is -1.30. The SMILES string of the molecule is COC1(CNC(=O)N2CCC[C@H]2CN(C(C)=O)C2CC2)CCC1. The predicted molar refractivity (Wildman–Crippen MR) is 87.1 cm³/mol. The molecule has 0 radical (unpaired) electrons. The molecule has 3 fully saturated rings. The van der Waals surface area contributed by atoms with Gasteiger partial charge in [0.1, 0.15) is 0 Å². The van der Waals surface area contributed by atoms with Crippen LogP contribution >= 0.6 is 0 Å². The van der Waals surface area contributed by atoms with E-state index < -0.39 is 0 Å². The van der Waals surface area contributed by atoms with Gasteiger partial charge in [-0.3, -0.25) is 4.79 Å². The smallest absolute Gasteiger partial charge is 0.317 e. The van der Waals surface area contributed by atoms with Gasteiger partial charge in [0, 0.05) is 39.7 Å². The lowest BCUT2D eigenvalue weighted by molar-refractivity contribution is -0.130. The van der Waals surface area contributed by atoms with Crippen molar-refractivity contribution in [1.82, 2.24) is 15.1 Å². The van der Waals surface area contributed by atoms with E-state index in [-0.39, 0.29) is 23.6 Å². The zero-order valence-electron chi connectivity index (χ0n) is 14.3. The minimum absolute atomic E-state index is 0.00451. The highest BCUT2D eigenvalue weighted by atomic mass is 16.5. The normalized spacial score (nSPS) is 25.8. The van der Waals surface area contributed by atoms with Gasteiger partial charge in [-0.2, -0.15) is 0 Å². The summed E-state index contributed by atoms with van der Waals surface area (Å²) in [7, 11) is 1.73. The lowest BCUT2D eigenvalue weighted by Gasteiger charge is -2.41. The van der Waals surface area contributed by atoms with Crippen LogP contribution in [0.25, 0.3) is 0 Å². The van der Waals surface area contributed by atoms with Crippen molar-refractivity contribution in [3.05, 3.63) is 0 Å². The van der Waals surface area contributed by atoms with E-state index in [0.29, 0.717) is 19.1 Å². The Labute approximate surface area is 138 Å². The third-order valence-electron chi connectivity index (χ3n) is 5.70. The van der Waals surface area contributed by atoms with Crippen molar-refractivity contribution in [2.24, 2.45) is 0 Å². The Morgan fingerprint density at radius 1 is 1.26 bits per heavy atom. The molecule has 6 heteroatoms.